The highest BCUT2D eigenvalue weighted by atomic mass is 16.5. The molecule has 0 aliphatic heterocycles. The minimum Gasteiger partial charge on any atom is -0.492 e. The lowest BCUT2D eigenvalue weighted by molar-refractivity contribution is -0.115. The van der Waals surface area contributed by atoms with Crippen molar-refractivity contribution in [1.29, 1.82) is 0 Å². The van der Waals surface area contributed by atoms with E-state index in [1.54, 1.807) is 24.2 Å². The fraction of sp³-hybridized carbons (Fsp3) is 0.400. The van der Waals surface area contributed by atoms with Gasteiger partial charge in [-0.25, -0.2) is 9.67 Å². The number of methoxy groups -OCH3 is 1. The average molecular weight is 319 g/mol. The third kappa shape index (κ3) is 6.45. The van der Waals surface area contributed by atoms with Gasteiger partial charge in [0.05, 0.1) is 19.7 Å². The van der Waals surface area contributed by atoms with Gasteiger partial charge in [0.2, 0.25) is 5.91 Å². The molecule has 0 fully saturated rings. The van der Waals surface area contributed by atoms with Crippen LogP contribution in [0.25, 0.3) is 0 Å². The van der Waals surface area contributed by atoms with Crippen LogP contribution in [0.15, 0.2) is 36.9 Å². The van der Waals surface area contributed by atoms with Crippen molar-refractivity contribution in [3.63, 3.8) is 0 Å². The Kier molecular flexibility index (Phi) is 7.02. The molecule has 1 heterocycles. The second-order valence-electron chi connectivity index (χ2n) is 4.75. The van der Waals surface area contributed by atoms with Crippen LogP contribution in [-0.4, -0.2) is 54.1 Å². The van der Waals surface area contributed by atoms with E-state index in [9.17, 15) is 4.79 Å². The smallest absolute Gasteiger partial charge is 0.238 e. The summed E-state index contributed by atoms with van der Waals surface area (Å²) in [6.45, 7) is 2.53. The quantitative estimate of drug-likeness (QED) is 0.621. The van der Waals surface area contributed by atoms with Crippen molar-refractivity contribution >= 4 is 11.6 Å². The minimum atomic E-state index is -0.110. The lowest BCUT2D eigenvalue weighted by atomic mass is 10.3. The lowest BCUT2D eigenvalue weighted by Crippen LogP contribution is -2.30. The maximum Gasteiger partial charge on any atom is 0.238 e. The fourth-order valence-electron chi connectivity index (χ4n) is 1.85. The molecular weight excluding hydrogens is 298 g/mol. The van der Waals surface area contributed by atoms with Gasteiger partial charge in [-0.05, 0) is 12.1 Å². The molecule has 0 spiro atoms. The van der Waals surface area contributed by atoms with Gasteiger partial charge in [-0.1, -0.05) is 6.07 Å². The van der Waals surface area contributed by atoms with E-state index < -0.39 is 0 Å². The summed E-state index contributed by atoms with van der Waals surface area (Å²) in [7, 11) is 1.62. The van der Waals surface area contributed by atoms with Gasteiger partial charge in [0.25, 0.3) is 0 Å². The molecule has 2 rings (SSSR count). The maximum absolute atomic E-state index is 11.8. The van der Waals surface area contributed by atoms with E-state index in [0.29, 0.717) is 37.7 Å². The van der Waals surface area contributed by atoms with Crippen LogP contribution < -0.4 is 15.4 Å². The first-order valence-electron chi connectivity index (χ1n) is 7.32. The SMILES string of the molecule is COCCNCC(=O)Nc1cccc(OCCn2cncn2)c1. The Morgan fingerprint density at radius 2 is 2.26 bits per heavy atom. The molecule has 1 aromatic carbocycles. The normalized spacial score (nSPS) is 10.5. The van der Waals surface area contributed by atoms with Crippen LogP contribution in [0.4, 0.5) is 5.69 Å². The Morgan fingerprint density at radius 3 is 3.04 bits per heavy atom. The number of nitrogens with one attached hydrogen (secondary N) is 2. The first-order chi connectivity index (χ1) is 11.3. The number of amides is 1. The van der Waals surface area contributed by atoms with Gasteiger partial charge in [-0.3, -0.25) is 4.79 Å². The van der Waals surface area contributed by atoms with E-state index in [1.165, 1.54) is 6.33 Å². The maximum atomic E-state index is 11.8. The van der Waals surface area contributed by atoms with Gasteiger partial charge < -0.3 is 20.1 Å². The van der Waals surface area contributed by atoms with Crippen molar-refractivity contribution in [2.75, 3.05) is 38.7 Å². The van der Waals surface area contributed by atoms with Gasteiger partial charge in [-0.2, -0.15) is 5.10 Å². The molecule has 23 heavy (non-hydrogen) atoms. The van der Waals surface area contributed by atoms with Crippen molar-refractivity contribution < 1.29 is 14.3 Å². The van der Waals surface area contributed by atoms with Crippen LogP contribution in [0, 0.1) is 0 Å². The van der Waals surface area contributed by atoms with E-state index in [0.717, 1.165) is 0 Å². The Bertz CT molecular complexity index is 589. The van der Waals surface area contributed by atoms with Crippen molar-refractivity contribution in [3.8, 4) is 5.75 Å². The number of hydrogen-bond donors (Lipinski definition) is 2. The monoisotopic (exact) mass is 319 g/mol. The Hall–Kier alpha value is -2.45. The summed E-state index contributed by atoms with van der Waals surface area (Å²) in [6, 6.07) is 7.28. The zero-order chi connectivity index (χ0) is 16.3. The van der Waals surface area contributed by atoms with Gasteiger partial charge in [0.15, 0.2) is 0 Å². The number of carbonyl (C=O) groups is 1. The highest BCUT2D eigenvalue weighted by Crippen LogP contribution is 2.17. The summed E-state index contributed by atoms with van der Waals surface area (Å²) >= 11 is 0. The Labute approximate surface area is 134 Å². The molecule has 1 aromatic heterocycles. The standard InChI is InChI=1S/C15H21N5O3/c1-22-7-5-16-10-15(21)19-13-3-2-4-14(9-13)23-8-6-20-12-17-11-18-20/h2-4,9,11-12,16H,5-8,10H2,1H3,(H,19,21). The first kappa shape index (κ1) is 16.9. The zero-order valence-corrected chi connectivity index (χ0v) is 13.1. The molecule has 0 unspecified atom stereocenters. The summed E-state index contributed by atoms with van der Waals surface area (Å²) in [5, 5.41) is 9.80. The van der Waals surface area contributed by atoms with Crippen LogP contribution in [0.1, 0.15) is 0 Å². The summed E-state index contributed by atoms with van der Waals surface area (Å²) < 4.78 is 12.2. The van der Waals surface area contributed by atoms with Gasteiger partial charge in [0, 0.05) is 25.4 Å². The van der Waals surface area contributed by atoms with Gasteiger partial charge in [0.1, 0.15) is 25.0 Å². The zero-order valence-electron chi connectivity index (χ0n) is 13.1. The molecule has 0 atom stereocenters. The Morgan fingerprint density at radius 1 is 1.35 bits per heavy atom. The average Bonchev–Trinajstić information content (AvgIpc) is 3.05. The highest BCUT2D eigenvalue weighted by molar-refractivity contribution is 5.92. The molecule has 2 N–H and O–H groups in total. The number of anilines is 1. The summed E-state index contributed by atoms with van der Waals surface area (Å²) in [6.07, 6.45) is 3.12. The number of carbonyl (C=O) groups excluding carboxylic acids is 1. The van der Waals surface area contributed by atoms with E-state index in [4.69, 9.17) is 9.47 Å². The second-order valence-corrected chi connectivity index (χ2v) is 4.75. The molecule has 1 amide bonds. The summed E-state index contributed by atoms with van der Waals surface area (Å²) in [4.78, 5) is 15.6. The van der Waals surface area contributed by atoms with Crippen molar-refractivity contribution in [3.05, 3.63) is 36.9 Å². The topological polar surface area (TPSA) is 90.3 Å². The third-order valence-electron chi connectivity index (χ3n) is 2.94. The lowest BCUT2D eigenvalue weighted by Gasteiger charge is -2.09. The third-order valence-corrected chi connectivity index (χ3v) is 2.94. The molecule has 0 aliphatic carbocycles. The van der Waals surface area contributed by atoms with Crippen molar-refractivity contribution in [2.45, 2.75) is 6.54 Å². The second kappa shape index (κ2) is 9.54. The molecule has 0 bridgehead atoms. The number of hydrogen-bond acceptors (Lipinski definition) is 6. The molecule has 0 radical (unpaired) electrons. The number of rotatable bonds is 10. The van der Waals surface area contributed by atoms with Crippen LogP contribution in [0.2, 0.25) is 0 Å². The molecule has 0 saturated heterocycles. The number of nitrogens with zero attached hydrogens (tertiary/aromatic N) is 3. The number of ether oxygens (including phenoxy) is 2. The van der Waals surface area contributed by atoms with Crippen molar-refractivity contribution in [2.24, 2.45) is 0 Å². The molecule has 8 heteroatoms. The predicted octanol–water partition coefficient (Wildman–Crippen LogP) is 0.532. The number of benzene rings is 1. The molecule has 0 saturated carbocycles. The van der Waals surface area contributed by atoms with Crippen molar-refractivity contribution in [1.82, 2.24) is 20.1 Å². The van der Waals surface area contributed by atoms with Crippen LogP contribution in [0.3, 0.4) is 0 Å². The van der Waals surface area contributed by atoms with Crippen LogP contribution in [0.5, 0.6) is 5.75 Å². The van der Waals surface area contributed by atoms with E-state index in [1.807, 2.05) is 18.2 Å². The van der Waals surface area contributed by atoms with E-state index in [-0.39, 0.29) is 12.5 Å². The summed E-state index contributed by atoms with van der Waals surface area (Å²) in [5.41, 5.74) is 0.696. The predicted molar refractivity (Wildman–Crippen MR) is 85.3 cm³/mol. The van der Waals surface area contributed by atoms with E-state index >= 15 is 0 Å². The highest BCUT2D eigenvalue weighted by Gasteiger charge is 2.03. The molecule has 2 aromatic rings. The molecule has 8 nitrogen and oxygen atoms in total. The minimum absolute atomic E-state index is 0.110. The van der Waals surface area contributed by atoms with E-state index in [2.05, 4.69) is 20.7 Å². The molecule has 124 valence electrons. The largest absolute Gasteiger partial charge is 0.492 e. The molecular formula is C15H21N5O3. The van der Waals surface area contributed by atoms with Gasteiger partial charge >= 0.3 is 0 Å². The van der Waals surface area contributed by atoms with Crippen LogP contribution in [-0.2, 0) is 16.1 Å². The van der Waals surface area contributed by atoms with Crippen LogP contribution >= 0.6 is 0 Å². The van der Waals surface area contributed by atoms with Gasteiger partial charge in [-0.15, -0.1) is 0 Å². The molecule has 0 aliphatic rings. The summed E-state index contributed by atoms with van der Waals surface area (Å²) in [5.74, 6) is 0.580. The number of aromatic nitrogens is 3. The first-order valence-corrected chi connectivity index (χ1v) is 7.32. The Balaban J connectivity index is 1.74. The fourth-order valence-corrected chi connectivity index (χ4v) is 1.85.